The molecule has 16 heavy (non-hydrogen) atoms. The van der Waals surface area contributed by atoms with Crippen LogP contribution in [0.3, 0.4) is 0 Å². The molecule has 1 unspecified atom stereocenters. The lowest BCUT2D eigenvalue weighted by Crippen LogP contribution is -2.43. The molecule has 4 heteroatoms. The summed E-state index contributed by atoms with van der Waals surface area (Å²) in [6.45, 7) is 1.85. The minimum atomic E-state index is -0.244. The quantitative estimate of drug-likeness (QED) is 0.815. The van der Waals surface area contributed by atoms with Gasteiger partial charge in [-0.05, 0) is 49.5 Å². The number of likely N-dealkylation sites (tertiary alicyclic amines) is 1. The summed E-state index contributed by atoms with van der Waals surface area (Å²) < 4.78 is 0. The van der Waals surface area contributed by atoms with Crippen molar-refractivity contribution in [1.29, 1.82) is 0 Å². The number of rotatable bonds is 3. The Morgan fingerprint density at radius 1 is 1.31 bits per heavy atom. The van der Waals surface area contributed by atoms with E-state index in [-0.39, 0.29) is 11.9 Å². The first-order chi connectivity index (χ1) is 7.77. The molecule has 1 atom stereocenters. The summed E-state index contributed by atoms with van der Waals surface area (Å²) in [5, 5.41) is 0. The second kappa shape index (κ2) is 5.92. The van der Waals surface area contributed by atoms with Gasteiger partial charge in [0.2, 0.25) is 5.91 Å². The molecule has 2 aliphatic heterocycles. The van der Waals surface area contributed by atoms with E-state index in [2.05, 4.69) is 0 Å². The Morgan fingerprint density at radius 3 is 2.56 bits per heavy atom. The van der Waals surface area contributed by atoms with Crippen LogP contribution in [0.2, 0.25) is 0 Å². The summed E-state index contributed by atoms with van der Waals surface area (Å²) in [7, 11) is 0. The molecule has 2 fully saturated rings. The number of carbonyl (C=O) groups excluding carboxylic acids is 1. The van der Waals surface area contributed by atoms with Gasteiger partial charge in [-0.3, -0.25) is 4.79 Å². The normalized spacial score (nSPS) is 24.7. The van der Waals surface area contributed by atoms with E-state index in [0.717, 1.165) is 32.4 Å². The van der Waals surface area contributed by atoms with Gasteiger partial charge in [0.1, 0.15) is 0 Å². The van der Waals surface area contributed by atoms with Gasteiger partial charge in [-0.15, -0.1) is 0 Å². The number of nitrogens with two attached hydrogens (primary N) is 1. The highest BCUT2D eigenvalue weighted by atomic mass is 32.2. The van der Waals surface area contributed by atoms with E-state index in [1.807, 2.05) is 16.7 Å². The molecule has 3 nitrogen and oxygen atoms in total. The van der Waals surface area contributed by atoms with E-state index >= 15 is 0 Å². The number of thioether (sulfide) groups is 1. The van der Waals surface area contributed by atoms with Crippen LogP contribution in [0.1, 0.15) is 32.1 Å². The first-order valence-corrected chi connectivity index (χ1v) is 7.55. The van der Waals surface area contributed by atoms with Gasteiger partial charge in [-0.2, -0.15) is 11.8 Å². The van der Waals surface area contributed by atoms with Gasteiger partial charge in [-0.25, -0.2) is 0 Å². The summed E-state index contributed by atoms with van der Waals surface area (Å²) in [5.74, 6) is 3.36. The third-order valence-corrected chi connectivity index (χ3v) is 4.71. The van der Waals surface area contributed by atoms with Gasteiger partial charge >= 0.3 is 0 Å². The lowest BCUT2D eigenvalue weighted by molar-refractivity contribution is -0.131. The van der Waals surface area contributed by atoms with Crippen LogP contribution in [0.5, 0.6) is 0 Å². The molecule has 0 radical (unpaired) electrons. The smallest absolute Gasteiger partial charge is 0.239 e. The average Bonchev–Trinajstić information content (AvgIpc) is 2.83. The Labute approximate surface area is 102 Å². The van der Waals surface area contributed by atoms with Crippen LogP contribution in [0.4, 0.5) is 0 Å². The highest BCUT2D eigenvalue weighted by molar-refractivity contribution is 7.99. The van der Waals surface area contributed by atoms with Crippen molar-refractivity contribution < 1.29 is 4.79 Å². The number of carbonyl (C=O) groups is 1. The van der Waals surface area contributed by atoms with Crippen LogP contribution >= 0.6 is 11.8 Å². The van der Waals surface area contributed by atoms with Crippen molar-refractivity contribution in [3.63, 3.8) is 0 Å². The van der Waals surface area contributed by atoms with E-state index < -0.39 is 0 Å². The van der Waals surface area contributed by atoms with Crippen molar-refractivity contribution in [3.8, 4) is 0 Å². The maximum Gasteiger partial charge on any atom is 0.239 e. The number of nitrogens with zero attached hydrogens (tertiary/aromatic N) is 1. The zero-order chi connectivity index (χ0) is 11.4. The lowest BCUT2D eigenvalue weighted by Gasteiger charge is -2.26. The Morgan fingerprint density at radius 2 is 1.94 bits per heavy atom. The molecule has 2 heterocycles. The molecular formula is C12H22N2OS. The van der Waals surface area contributed by atoms with E-state index in [4.69, 9.17) is 5.73 Å². The molecule has 2 N–H and O–H groups in total. The van der Waals surface area contributed by atoms with Gasteiger partial charge in [0.05, 0.1) is 6.04 Å². The van der Waals surface area contributed by atoms with Crippen molar-refractivity contribution in [3.05, 3.63) is 0 Å². The molecule has 0 aromatic carbocycles. The average molecular weight is 242 g/mol. The third-order valence-electron chi connectivity index (χ3n) is 3.66. The molecule has 0 aromatic heterocycles. The molecule has 1 amide bonds. The Bertz CT molecular complexity index is 235. The molecule has 0 spiro atoms. The topological polar surface area (TPSA) is 46.3 Å². The minimum Gasteiger partial charge on any atom is -0.341 e. The number of hydrogen-bond donors (Lipinski definition) is 1. The van der Waals surface area contributed by atoms with Crippen LogP contribution in [0.25, 0.3) is 0 Å². The SMILES string of the molecule is NC(CC1CCSCC1)C(=O)N1CCCC1. The fourth-order valence-corrected chi connectivity index (χ4v) is 3.82. The molecule has 0 aliphatic carbocycles. The monoisotopic (exact) mass is 242 g/mol. The summed E-state index contributed by atoms with van der Waals surface area (Å²) >= 11 is 2.02. The molecule has 2 saturated heterocycles. The van der Waals surface area contributed by atoms with Crippen molar-refractivity contribution in [2.75, 3.05) is 24.6 Å². The fraction of sp³-hybridized carbons (Fsp3) is 0.917. The van der Waals surface area contributed by atoms with E-state index in [0.29, 0.717) is 5.92 Å². The summed E-state index contributed by atoms with van der Waals surface area (Å²) in [5.41, 5.74) is 6.03. The van der Waals surface area contributed by atoms with Crippen molar-refractivity contribution in [2.24, 2.45) is 11.7 Å². The van der Waals surface area contributed by atoms with Gasteiger partial charge in [0.25, 0.3) is 0 Å². The molecule has 0 saturated carbocycles. The van der Waals surface area contributed by atoms with E-state index in [1.54, 1.807) is 0 Å². The zero-order valence-electron chi connectivity index (χ0n) is 9.86. The molecule has 2 aliphatic rings. The molecule has 92 valence electrons. The van der Waals surface area contributed by atoms with Gasteiger partial charge in [0, 0.05) is 13.1 Å². The van der Waals surface area contributed by atoms with E-state index in [1.165, 1.54) is 24.3 Å². The zero-order valence-corrected chi connectivity index (χ0v) is 10.7. The van der Waals surface area contributed by atoms with Crippen molar-refractivity contribution >= 4 is 17.7 Å². The van der Waals surface area contributed by atoms with Crippen LogP contribution in [-0.2, 0) is 4.79 Å². The van der Waals surface area contributed by atoms with Crippen LogP contribution < -0.4 is 5.73 Å². The predicted molar refractivity (Wildman–Crippen MR) is 68.5 cm³/mol. The number of hydrogen-bond acceptors (Lipinski definition) is 3. The first kappa shape index (κ1) is 12.2. The largest absolute Gasteiger partial charge is 0.341 e. The van der Waals surface area contributed by atoms with Gasteiger partial charge in [-0.1, -0.05) is 0 Å². The fourth-order valence-electron chi connectivity index (χ4n) is 2.61. The number of amides is 1. The van der Waals surface area contributed by atoms with Gasteiger partial charge < -0.3 is 10.6 Å². The summed E-state index contributed by atoms with van der Waals surface area (Å²) in [6.07, 6.45) is 5.68. The van der Waals surface area contributed by atoms with Crippen LogP contribution in [0, 0.1) is 5.92 Å². The summed E-state index contributed by atoms with van der Waals surface area (Å²) in [4.78, 5) is 14.0. The van der Waals surface area contributed by atoms with Crippen LogP contribution in [0.15, 0.2) is 0 Å². The Hall–Kier alpha value is -0.220. The predicted octanol–water partition coefficient (Wildman–Crippen LogP) is 1.47. The maximum atomic E-state index is 12.0. The summed E-state index contributed by atoms with van der Waals surface area (Å²) in [6, 6.07) is -0.244. The molecule has 0 bridgehead atoms. The minimum absolute atomic E-state index is 0.190. The lowest BCUT2D eigenvalue weighted by atomic mass is 9.94. The second-order valence-electron chi connectivity index (χ2n) is 4.93. The standard InChI is InChI=1S/C12H22N2OS/c13-11(9-10-3-7-16-8-4-10)12(15)14-5-1-2-6-14/h10-11H,1-9,13H2. The third kappa shape index (κ3) is 3.14. The highest BCUT2D eigenvalue weighted by Crippen LogP contribution is 2.26. The second-order valence-corrected chi connectivity index (χ2v) is 6.16. The molecule has 0 aromatic rings. The molecular weight excluding hydrogens is 220 g/mol. The molecule has 2 rings (SSSR count). The van der Waals surface area contributed by atoms with E-state index in [9.17, 15) is 4.79 Å². The highest BCUT2D eigenvalue weighted by Gasteiger charge is 2.26. The Balaban J connectivity index is 1.77. The van der Waals surface area contributed by atoms with Gasteiger partial charge in [0.15, 0.2) is 0 Å². The maximum absolute atomic E-state index is 12.0. The Kier molecular flexibility index (Phi) is 4.53. The first-order valence-electron chi connectivity index (χ1n) is 6.39. The van der Waals surface area contributed by atoms with Crippen molar-refractivity contribution in [2.45, 2.75) is 38.1 Å². The van der Waals surface area contributed by atoms with Crippen molar-refractivity contribution in [1.82, 2.24) is 4.90 Å². The van der Waals surface area contributed by atoms with Crippen LogP contribution in [-0.4, -0.2) is 41.4 Å².